The summed E-state index contributed by atoms with van der Waals surface area (Å²) in [6.45, 7) is 6.12. The van der Waals surface area contributed by atoms with Crippen molar-refractivity contribution in [1.82, 2.24) is 9.59 Å². The molecule has 0 atom stereocenters. The lowest BCUT2D eigenvalue weighted by Gasteiger charge is -2.15. The first-order valence-electron chi connectivity index (χ1n) is 5.98. The number of carbonyl (C=O) groups is 1. The number of ketones is 1. The Labute approximate surface area is 125 Å². The summed E-state index contributed by atoms with van der Waals surface area (Å²) in [5.74, 6) is 0.0815. The number of halogens is 1. The van der Waals surface area contributed by atoms with E-state index in [1.165, 1.54) is 11.5 Å². The number of rotatable bonds is 3. The van der Waals surface area contributed by atoms with E-state index in [0.29, 0.717) is 11.3 Å². The first-order valence-corrected chi connectivity index (χ1v) is 7.55. The summed E-state index contributed by atoms with van der Waals surface area (Å²) in [7, 11) is 0. The molecule has 0 amide bonds. The summed E-state index contributed by atoms with van der Waals surface area (Å²) in [5.41, 5.74) is 1.63. The van der Waals surface area contributed by atoms with Crippen molar-refractivity contribution in [3.8, 4) is 0 Å². The van der Waals surface area contributed by atoms with Crippen molar-refractivity contribution in [3.05, 3.63) is 44.9 Å². The second-order valence-electron chi connectivity index (χ2n) is 5.43. The molecular formula is C14H15BrN2OS. The topological polar surface area (TPSA) is 42.9 Å². The Bertz CT molecular complexity index is 601. The molecule has 0 N–H and O–H groups in total. The molecule has 0 aliphatic heterocycles. The zero-order valence-corrected chi connectivity index (χ0v) is 13.5. The van der Waals surface area contributed by atoms with Crippen LogP contribution in [-0.4, -0.2) is 15.4 Å². The van der Waals surface area contributed by atoms with E-state index in [1.807, 2.05) is 45.0 Å². The molecular weight excluding hydrogens is 324 g/mol. The van der Waals surface area contributed by atoms with Gasteiger partial charge in [-0.2, -0.15) is 0 Å². The van der Waals surface area contributed by atoms with Gasteiger partial charge in [-0.3, -0.25) is 4.79 Å². The third kappa shape index (κ3) is 3.48. The minimum atomic E-state index is -0.157. The standard InChI is InChI=1S/C14H15BrN2OS/c1-14(2,3)13-12(19-17-16-13)11(18)8-9-5-4-6-10(15)7-9/h4-7H,8H2,1-3H3. The fourth-order valence-electron chi connectivity index (χ4n) is 1.78. The smallest absolute Gasteiger partial charge is 0.180 e. The van der Waals surface area contributed by atoms with Crippen molar-refractivity contribution in [2.75, 3.05) is 0 Å². The third-order valence-electron chi connectivity index (χ3n) is 2.71. The molecule has 5 heteroatoms. The molecule has 0 saturated heterocycles. The fraction of sp³-hybridized carbons (Fsp3) is 0.357. The fourth-order valence-corrected chi connectivity index (χ4v) is 3.04. The predicted molar refractivity (Wildman–Crippen MR) is 80.8 cm³/mol. The van der Waals surface area contributed by atoms with E-state index >= 15 is 0 Å². The van der Waals surface area contributed by atoms with Gasteiger partial charge in [0.25, 0.3) is 0 Å². The Morgan fingerprint density at radius 1 is 1.37 bits per heavy atom. The molecule has 0 aliphatic carbocycles. The van der Waals surface area contributed by atoms with Crippen LogP contribution in [0.15, 0.2) is 28.7 Å². The van der Waals surface area contributed by atoms with Gasteiger partial charge in [-0.1, -0.05) is 53.3 Å². The van der Waals surface area contributed by atoms with Gasteiger partial charge in [0.2, 0.25) is 0 Å². The molecule has 19 heavy (non-hydrogen) atoms. The van der Waals surface area contributed by atoms with Crippen LogP contribution in [0.4, 0.5) is 0 Å². The van der Waals surface area contributed by atoms with Crippen LogP contribution in [-0.2, 0) is 11.8 Å². The van der Waals surface area contributed by atoms with Gasteiger partial charge >= 0.3 is 0 Å². The Morgan fingerprint density at radius 3 is 2.74 bits per heavy atom. The molecule has 3 nitrogen and oxygen atoms in total. The van der Waals surface area contributed by atoms with Crippen LogP contribution >= 0.6 is 27.5 Å². The molecule has 2 aromatic rings. The maximum atomic E-state index is 12.4. The average molecular weight is 339 g/mol. The quantitative estimate of drug-likeness (QED) is 0.793. The highest BCUT2D eigenvalue weighted by Crippen LogP contribution is 2.27. The number of benzene rings is 1. The van der Waals surface area contributed by atoms with Crippen LogP contribution in [0.25, 0.3) is 0 Å². The van der Waals surface area contributed by atoms with E-state index in [2.05, 4.69) is 25.5 Å². The molecule has 1 aromatic heterocycles. The number of carbonyl (C=O) groups excluding carboxylic acids is 1. The molecule has 0 fully saturated rings. The summed E-state index contributed by atoms with van der Waals surface area (Å²) in [6.07, 6.45) is 0.381. The number of hydrogen-bond donors (Lipinski definition) is 0. The van der Waals surface area contributed by atoms with E-state index in [9.17, 15) is 4.79 Å². The third-order valence-corrected chi connectivity index (χ3v) is 3.97. The van der Waals surface area contributed by atoms with E-state index < -0.39 is 0 Å². The second kappa shape index (κ2) is 5.51. The van der Waals surface area contributed by atoms with Gasteiger partial charge in [-0.25, -0.2) is 0 Å². The van der Waals surface area contributed by atoms with E-state index in [-0.39, 0.29) is 11.2 Å². The number of aromatic nitrogens is 2. The van der Waals surface area contributed by atoms with E-state index in [1.54, 1.807) is 0 Å². The molecule has 2 rings (SSSR count). The molecule has 1 aromatic carbocycles. The van der Waals surface area contributed by atoms with Crippen molar-refractivity contribution >= 4 is 33.2 Å². The lowest BCUT2D eigenvalue weighted by atomic mass is 9.90. The van der Waals surface area contributed by atoms with Crippen molar-refractivity contribution in [1.29, 1.82) is 0 Å². The van der Waals surface area contributed by atoms with Crippen LogP contribution < -0.4 is 0 Å². The van der Waals surface area contributed by atoms with Gasteiger partial charge in [0.1, 0.15) is 4.88 Å². The van der Waals surface area contributed by atoms with Gasteiger partial charge in [0.15, 0.2) is 5.78 Å². The summed E-state index contributed by atoms with van der Waals surface area (Å²) >= 11 is 4.60. The molecule has 0 spiro atoms. The summed E-state index contributed by atoms with van der Waals surface area (Å²) in [4.78, 5) is 13.0. The van der Waals surface area contributed by atoms with Crippen LogP contribution in [0, 0.1) is 0 Å². The van der Waals surface area contributed by atoms with Gasteiger partial charge in [0, 0.05) is 16.3 Å². The number of nitrogens with zero attached hydrogens (tertiary/aromatic N) is 2. The molecule has 1 heterocycles. The minimum Gasteiger partial charge on any atom is -0.293 e. The van der Waals surface area contributed by atoms with Crippen molar-refractivity contribution < 1.29 is 4.79 Å². The van der Waals surface area contributed by atoms with E-state index in [4.69, 9.17) is 0 Å². The lowest BCUT2D eigenvalue weighted by molar-refractivity contribution is 0.0994. The SMILES string of the molecule is CC(C)(C)c1nnsc1C(=O)Cc1cccc(Br)c1. The highest BCUT2D eigenvalue weighted by molar-refractivity contribution is 9.10. The normalized spacial score (nSPS) is 11.6. The van der Waals surface area contributed by atoms with Gasteiger partial charge in [0.05, 0.1) is 5.69 Å². The zero-order valence-electron chi connectivity index (χ0n) is 11.1. The van der Waals surface area contributed by atoms with Crippen LogP contribution in [0.3, 0.4) is 0 Å². The Hall–Kier alpha value is -1.07. The van der Waals surface area contributed by atoms with Crippen molar-refractivity contribution in [2.45, 2.75) is 32.6 Å². The average Bonchev–Trinajstić information content (AvgIpc) is 2.77. The maximum absolute atomic E-state index is 12.4. The summed E-state index contributed by atoms with van der Waals surface area (Å²) in [6, 6.07) is 7.79. The van der Waals surface area contributed by atoms with Crippen molar-refractivity contribution in [2.24, 2.45) is 0 Å². The summed E-state index contributed by atoms with van der Waals surface area (Å²) < 4.78 is 4.91. The van der Waals surface area contributed by atoms with Gasteiger partial charge in [-0.05, 0) is 29.2 Å². The Morgan fingerprint density at radius 2 is 2.11 bits per heavy atom. The van der Waals surface area contributed by atoms with Gasteiger partial charge in [-0.15, -0.1) is 5.10 Å². The molecule has 0 bridgehead atoms. The minimum absolute atomic E-state index is 0.0815. The maximum Gasteiger partial charge on any atom is 0.180 e. The highest BCUT2D eigenvalue weighted by Gasteiger charge is 2.26. The van der Waals surface area contributed by atoms with Gasteiger partial charge < -0.3 is 0 Å². The molecule has 0 unspecified atom stereocenters. The predicted octanol–water partition coefficient (Wildman–Crippen LogP) is 4.02. The lowest BCUT2D eigenvalue weighted by Crippen LogP contribution is -2.17. The van der Waals surface area contributed by atoms with Crippen molar-refractivity contribution in [3.63, 3.8) is 0 Å². The van der Waals surface area contributed by atoms with Crippen LogP contribution in [0.5, 0.6) is 0 Å². The second-order valence-corrected chi connectivity index (χ2v) is 7.10. The zero-order chi connectivity index (χ0) is 14.0. The van der Waals surface area contributed by atoms with E-state index in [0.717, 1.165) is 15.7 Å². The highest BCUT2D eigenvalue weighted by atomic mass is 79.9. The van der Waals surface area contributed by atoms with Crippen LogP contribution in [0.1, 0.15) is 41.7 Å². The molecule has 0 radical (unpaired) electrons. The monoisotopic (exact) mass is 338 g/mol. The first-order chi connectivity index (χ1) is 8.88. The molecule has 100 valence electrons. The molecule has 0 aliphatic rings. The number of hydrogen-bond acceptors (Lipinski definition) is 4. The van der Waals surface area contributed by atoms with Crippen LogP contribution in [0.2, 0.25) is 0 Å². The largest absolute Gasteiger partial charge is 0.293 e. The molecule has 0 saturated carbocycles. The Balaban J connectivity index is 2.24. The number of Topliss-reactive ketones (excluding diaryl/α,β-unsaturated/α-hetero) is 1. The summed E-state index contributed by atoms with van der Waals surface area (Å²) in [5, 5.41) is 4.11. The Kier molecular flexibility index (Phi) is 4.16. The first kappa shape index (κ1) is 14.3.